The summed E-state index contributed by atoms with van der Waals surface area (Å²) in [7, 11) is 1.59. The van der Waals surface area contributed by atoms with Crippen LogP contribution < -0.4 is 4.74 Å². The number of nitrogens with zero attached hydrogens (tertiary/aromatic N) is 2. The Labute approximate surface area is 123 Å². The second-order valence-corrected chi connectivity index (χ2v) is 5.00. The first kappa shape index (κ1) is 13.5. The molecule has 2 aromatic carbocycles. The Morgan fingerprint density at radius 2 is 1.95 bits per heavy atom. The van der Waals surface area contributed by atoms with Gasteiger partial charge >= 0.3 is 0 Å². The number of carbonyl (C=O) groups is 1. The number of hydrogen-bond donors (Lipinski definition) is 0. The molecule has 0 aromatic heterocycles. The molecule has 0 spiro atoms. The zero-order valence-electron chi connectivity index (χ0n) is 11.8. The van der Waals surface area contributed by atoms with E-state index in [2.05, 4.69) is 10.2 Å². The van der Waals surface area contributed by atoms with Crippen LogP contribution >= 0.6 is 0 Å². The quantitative estimate of drug-likeness (QED) is 0.805. The van der Waals surface area contributed by atoms with Gasteiger partial charge in [-0.2, -0.15) is 10.2 Å². The number of Topliss-reactive ketones (excluding diaryl/α,β-unsaturated/α-hetero) is 1. The van der Waals surface area contributed by atoms with E-state index in [0.717, 1.165) is 5.56 Å². The van der Waals surface area contributed by atoms with Crippen molar-refractivity contribution < 1.29 is 9.53 Å². The maximum Gasteiger partial charge on any atom is 0.190 e. The fourth-order valence-corrected chi connectivity index (χ4v) is 2.57. The maximum absolute atomic E-state index is 12.7. The van der Waals surface area contributed by atoms with Crippen molar-refractivity contribution in [1.29, 1.82) is 0 Å². The van der Waals surface area contributed by atoms with Gasteiger partial charge in [0.05, 0.1) is 13.7 Å². The zero-order chi connectivity index (χ0) is 14.7. The topological polar surface area (TPSA) is 51.0 Å². The second kappa shape index (κ2) is 5.87. The third-order valence-corrected chi connectivity index (χ3v) is 3.72. The molecule has 0 saturated carbocycles. The van der Waals surface area contributed by atoms with Crippen LogP contribution in [0.3, 0.4) is 0 Å². The van der Waals surface area contributed by atoms with E-state index in [4.69, 9.17) is 4.74 Å². The SMILES string of the molecule is COc1cccc(C(=O)[C@H]2N=NC[C@H]2c2ccccc2)c1. The molecule has 2 atom stereocenters. The summed E-state index contributed by atoms with van der Waals surface area (Å²) in [4.78, 5) is 12.7. The number of benzene rings is 2. The Morgan fingerprint density at radius 3 is 2.71 bits per heavy atom. The third-order valence-electron chi connectivity index (χ3n) is 3.72. The van der Waals surface area contributed by atoms with Gasteiger partial charge in [-0.25, -0.2) is 0 Å². The first-order valence-electron chi connectivity index (χ1n) is 6.89. The van der Waals surface area contributed by atoms with E-state index in [1.807, 2.05) is 42.5 Å². The molecular formula is C17H16N2O2. The minimum absolute atomic E-state index is 0.0102. The van der Waals surface area contributed by atoms with Gasteiger partial charge in [0.25, 0.3) is 0 Å². The number of ether oxygens (including phenoxy) is 1. The van der Waals surface area contributed by atoms with Gasteiger partial charge in [-0.15, -0.1) is 0 Å². The molecule has 0 radical (unpaired) electrons. The molecule has 4 nitrogen and oxygen atoms in total. The van der Waals surface area contributed by atoms with Crippen molar-refractivity contribution in [2.24, 2.45) is 10.2 Å². The smallest absolute Gasteiger partial charge is 0.190 e. The largest absolute Gasteiger partial charge is 0.497 e. The normalized spacial score (nSPS) is 20.4. The monoisotopic (exact) mass is 280 g/mol. The molecule has 0 aliphatic carbocycles. The molecule has 0 fully saturated rings. The van der Waals surface area contributed by atoms with Crippen molar-refractivity contribution in [3.8, 4) is 5.75 Å². The Hall–Kier alpha value is -2.49. The van der Waals surface area contributed by atoms with Crippen LogP contribution in [-0.2, 0) is 0 Å². The highest BCUT2D eigenvalue weighted by Gasteiger charge is 2.33. The summed E-state index contributed by atoms with van der Waals surface area (Å²) in [5.41, 5.74) is 1.71. The highest BCUT2D eigenvalue weighted by molar-refractivity contribution is 6.01. The van der Waals surface area contributed by atoms with Crippen LogP contribution in [-0.4, -0.2) is 25.5 Å². The number of hydrogen-bond acceptors (Lipinski definition) is 4. The van der Waals surface area contributed by atoms with Gasteiger partial charge in [-0.3, -0.25) is 4.79 Å². The van der Waals surface area contributed by atoms with E-state index in [1.165, 1.54) is 0 Å². The average molecular weight is 280 g/mol. The molecule has 2 aromatic rings. The molecule has 106 valence electrons. The fourth-order valence-electron chi connectivity index (χ4n) is 2.57. The molecule has 21 heavy (non-hydrogen) atoms. The highest BCUT2D eigenvalue weighted by Crippen LogP contribution is 2.30. The molecule has 1 aliphatic rings. The second-order valence-electron chi connectivity index (χ2n) is 5.00. The van der Waals surface area contributed by atoms with Crippen LogP contribution in [0.4, 0.5) is 0 Å². The lowest BCUT2D eigenvalue weighted by Crippen LogP contribution is -2.24. The molecule has 0 saturated heterocycles. The van der Waals surface area contributed by atoms with Crippen LogP contribution in [0.2, 0.25) is 0 Å². The Morgan fingerprint density at radius 1 is 1.14 bits per heavy atom. The molecule has 4 heteroatoms. The van der Waals surface area contributed by atoms with Gasteiger partial charge in [0, 0.05) is 11.5 Å². The number of ketones is 1. The standard InChI is InChI=1S/C17H16N2O2/c1-21-14-9-5-8-13(10-14)17(20)16-15(11-18-19-16)12-6-3-2-4-7-12/h2-10,15-16H,11H2,1H3/t15-,16-/m0/s1. The number of rotatable bonds is 4. The Balaban J connectivity index is 1.88. The zero-order valence-corrected chi connectivity index (χ0v) is 11.8. The lowest BCUT2D eigenvalue weighted by atomic mass is 9.88. The number of carbonyl (C=O) groups excluding carboxylic acids is 1. The minimum Gasteiger partial charge on any atom is -0.497 e. The molecule has 1 heterocycles. The summed E-state index contributed by atoms with van der Waals surface area (Å²) in [6.45, 7) is 0.560. The Bertz CT molecular complexity index is 668. The molecule has 0 bridgehead atoms. The molecule has 0 unspecified atom stereocenters. The van der Waals surface area contributed by atoms with Crippen LogP contribution in [0.1, 0.15) is 21.8 Å². The van der Waals surface area contributed by atoms with E-state index in [0.29, 0.717) is 17.9 Å². The summed E-state index contributed by atoms with van der Waals surface area (Å²) in [6.07, 6.45) is 0. The first-order chi connectivity index (χ1) is 10.3. The average Bonchev–Trinajstić information content (AvgIpc) is 3.04. The predicted octanol–water partition coefficient (Wildman–Crippen LogP) is 3.50. The lowest BCUT2D eigenvalue weighted by molar-refractivity contribution is 0.0955. The van der Waals surface area contributed by atoms with E-state index < -0.39 is 6.04 Å². The van der Waals surface area contributed by atoms with Crippen LogP contribution in [0.5, 0.6) is 5.75 Å². The summed E-state index contributed by atoms with van der Waals surface area (Å²) < 4.78 is 5.17. The number of methoxy groups -OCH3 is 1. The summed E-state index contributed by atoms with van der Waals surface area (Å²) in [5, 5.41) is 8.24. The predicted molar refractivity (Wildman–Crippen MR) is 80.0 cm³/mol. The van der Waals surface area contributed by atoms with Gasteiger partial charge in [0.2, 0.25) is 0 Å². The summed E-state index contributed by atoms with van der Waals surface area (Å²) in [6, 6.07) is 16.7. The summed E-state index contributed by atoms with van der Waals surface area (Å²) in [5.74, 6) is 0.681. The van der Waals surface area contributed by atoms with Crippen molar-refractivity contribution in [2.45, 2.75) is 12.0 Å². The van der Waals surface area contributed by atoms with Crippen molar-refractivity contribution in [2.75, 3.05) is 13.7 Å². The lowest BCUT2D eigenvalue weighted by Gasteiger charge is -2.16. The van der Waals surface area contributed by atoms with Crippen LogP contribution in [0.15, 0.2) is 64.8 Å². The van der Waals surface area contributed by atoms with Gasteiger partial charge in [0.15, 0.2) is 5.78 Å². The maximum atomic E-state index is 12.7. The Kier molecular flexibility index (Phi) is 3.77. The van der Waals surface area contributed by atoms with Gasteiger partial charge in [-0.1, -0.05) is 42.5 Å². The minimum atomic E-state index is -0.445. The van der Waals surface area contributed by atoms with Crippen molar-refractivity contribution in [1.82, 2.24) is 0 Å². The van der Waals surface area contributed by atoms with E-state index >= 15 is 0 Å². The van der Waals surface area contributed by atoms with E-state index in [9.17, 15) is 4.79 Å². The van der Waals surface area contributed by atoms with E-state index in [1.54, 1.807) is 19.2 Å². The van der Waals surface area contributed by atoms with E-state index in [-0.39, 0.29) is 11.7 Å². The molecule has 0 amide bonds. The molecule has 1 aliphatic heterocycles. The molecule has 3 rings (SSSR count). The van der Waals surface area contributed by atoms with Gasteiger partial charge < -0.3 is 4.74 Å². The third kappa shape index (κ3) is 2.70. The molecular weight excluding hydrogens is 264 g/mol. The van der Waals surface area contributed by atoms with Crippen LogP contribution in [0.25, 0.3) is 0 Å². The van der Waals surface area contributed by atoms with Crippen molar-refractivity contribution in [3.05, 3.63) is 65.7 Å². The highest BCUT2D eigenvalue weighted by atomic mass is 16.5. The fraction of sp³-hybridized carbons (Fsp3) is 0.235. The van der Waals surface area contributed by atoms with Crippen molar-refractivity contribution in [3.63, 3.8) is 0 Å². The molecule has 0 N–H and O–H groups in total. The first-order valence-corrected chi connectivity index (χ1v) is 6.89. The summed E-state index contributed by atoms with van der Waals surface area (Å²) >= 11 is 0. The van der Waals surface area contributed by atoms with Crippen molar-refractivity contribution >= 4 is 5.78 Å². The van der Waals surface area contributed by atoms with Gasteiger partial charge in [0.1, 0.15) is 11.8 Å². The number of azo groups is 1. The van der Waals surface area contributed by atoms with Gasteiger partial charge in [-0.05, 0) is 17.7 Å². The van der Waals surface area contributed by atoms with Crippen LogP contribution in [0, 0.1) is 0 Å².